The van der Waals surface area contributed by atoms with Crippen LogP contribution < -0.4 is 16.4 Å². The highest BCUT2D eigenvalue weighted by atomic mass is 16.2. The zero-order valence-corrected chi connectivity index (χ0v) is 16.4. The average Bonchev–Trinajstić information content (AvgIpc) is 3.48. The fourth-order valence-corrected chi connectivity index (χ4v) is 3.80. The third-order valence-electron chi connectivity index (χ3n) is 5.63. The van der Waals surface area contributed by atoms with Gasteiger partial charge in [-0.25, -0.2) is 9.97 Å². The van der Waals surface area contributed by atoms with Crippen molar-refractivity contribution < 1.29 is 14.4 Å². The van der Waals surface area contributed by atoms with E-state index in [1.165, 1.54) is 6.20 Å². The van der Waals surface area contributed by atoms with E-state index in [9.17, 15) is 14.4 Å². The molecule has 2 atom stereocenters. The van der Waals surface area contributed by atoms with Crippen molar-refractivity contribution in [3.05, 3.63) is 41.6 Å². The van der Waals surface area contributed by atoms with Crippen LogP contribution in [0.2, 0.25) is 0 Å². The fraction of sp³-hybridized carbons (Fsp3) is 0.182. The fourth-order valence-electron chi connectivity index (χ4n) is 3.80. The number of nitriles is 1. The van der Waals surface area contributed by atoms with Crippen LogP contribution in [0, 0.1) is 30.1 Å². The molecule has 2 aromatic heterocycles. The number of amides is 2. The Morgan fingerprint density at radius 1 is 1.26 bits per heavy atom. The summed E-state index contributed by atoms with van der Waals surface area (Å²) in [6.07, 6.45) is 2.10. The average molecular weight is 412 g/mol. The van der Waals surface area contributed by atoms with Gasteiger partial charge in [-0.2, -0.15) is 5.26 Å². The van der Waals surface area contributed by atoms with Crippen molar-refractivity contribution in [3.8, 4) is 17.3 Å². The van der Waals surface area contributed by atoms with Gasteiger partial charge in [-0.15, -0.1) is 0 Å². The van der Waals surface area contributed by atoms with Crippen LogP contribution >= 0.6 is 0 Å². The molecule has 3 heterocycles. The topological polar surface area (TPSA) is 151 Å². The zero-order valence-electron chi connectivity index (χ0n) is 16.4. The highest BCUT2D eigenvalue weighted by Crippen LogP contribution is 2.39. The SMILES string of the molecule is Cc1cc2c(cc1-c1cc3cc(NC(=O)[C@H]4C[C@@H]4C#N)ncc3c(N)n1)C(=O)C(=O)N2. The van der Waals surface area contributed by atoms with Gasteiger partial charge in [-0.05, 0) is 48.6 Å². The smallest absolute Gasteiger partial charge is 0.296 e. The normalized spacial score (nSPS) is 19.0. The van der Waals surface area contributed by atoms with Crippen LogP contribution in [0.15, 0.2) is 30.5 Å². The summed E-state index contributed by atoms with van der Waals surface area (Å²) in [7, 11) is 0. The molecule has 9 nitrogen and oxygen atoms in total. The Labute approximate surface area is 176 Å². The first-order chi connectivity index (χ1) is 14.9. The number of ketones is 1. The van der Waals surface area contributed by atoms with Gasteiger partial charge in [0, 0.05) is 17.1 Å². The monoisotopic (exact) mass is 412 g/mol. The van der Waals surface area contributed by atoms with Crippen molar-refractivity contribution >= 4 is 45.7 Å². The second-order valence-corrected chi connectivity index (χ2v) is 7.75. The number of nitrogens with one attached hydrogen (secondary N) is 2. The zero-order chi connectivity index (χ0) is 21.9. The maximum atomic E-state index is 12.2. The number of nitrogens with two attached hydrogens (primary N) is 1. The molecular formula is C22H16N6O3. The molecule has 1 aliphatic heterocycles. The molecule has 0 spiro atoms. The lowest BCUT2D eigenvalue weighted by molar-refractivity contribution is -0.117. The highest BCUT2D eigenvalue weighted by Gasteiger charge is 2.43. The number of nitrogens with zero attached hydrogens (tertiary/aromatic N) is 3. The molecule has 1 aromatic carbocycles. The minimum Gasteiger partial charge on any atom is -0.383 e. The predicted octanol–water partition coefficient (Wildman–Crippen LogP) is 2.42. The second kappa shape index (κ2) is 6.60. The van der Waals surface area contributed by atoms with Crippen LogP contribution in [0.1, 0.15) is 22.3 Å². The number of carbonyl (C=O) groups is 3. The number of pyridine rings is 2. The summed E-state index contributed by atoms with van der Waals surface area (Å²) in [4.78, 5) is 44.7. The molecule has 152 valence electrons. The lowest BCUT2D eigenvalue weighted by Crippen LogP contribution is -2.15. The quantitative estimate of drug-likeness (QED) is 0.559. The third-order valence-corrected chi connectivity index (χ3v) is 5.63. The third kappa shape index (κ3) is 3.05. The summed E-state index contributed by atoms with van der Waals surface area (Å²) in [5, 5.41) is 15.5. The standard InChI is InChI=1S/C22H16N6O3/c1-9-2-16-14(19(29)22(31)27-16)6-12(9)17-4-10-5-18(25-8-15(10)20(24)26-17)28-21(30)13-3-11(13)7-23/h2,4-6,8,11,13H,3H2,1H3,(H2,24,26)(H,25,28,30)(H,27,29,31)/t11-,13+/m1/s1. The van der Waals surface area contributed by atoms with Gasteiger partial charge in [-0.1, -0.05) is 0 Å². The number of anilines is 3. The number of nitrogen functional groups attached to an aromatic ring is 1. The number of aryl methyl sites for hydroxylation is 1. The molecule has 3 aromatic rings. The van der Waals surface area contributed by atoms with Gasteiger partial charge < -0.3 is 16.4 Å². The molecule has 4 N–H and O–H groups in total. The summed E-state index contributed by atoms with van der Waals surface area (Å²) >= 11 is 0. The van der Waals surface area contributed by atoms with Crippen LogP contribution in [0.25, 0.3) is 22.0 Å². The number of Topliss-reactive ketones (excluding diaryl/α,β-unsaturated/α-hetero) is 1. The van der Waals surface area contributed by atoms with Crippen LogP contribution in [0.3, 0.4) is 0 Å². The van der Waals surface area contributed by atoms with Gasteiger partial charge in [-0.3, -0.25) is 14.4 Å². The Kier molecular flexibility index (Phi) is 3.98. The van der Waals surface area contributed by atoms with Gasteiger partial charge in [0.05, 0.1) is 34.8 Å². The second-order valence-electron chi connectivity index (χ2n) is 7.75. The summed E-state index contributed by atoms with van der Waals surface area (Å²) in [6, 6.07) is 8.94. The Morgan fingerprint density at radius 2 is 2.06 bits per heavy atom. The Morgan fingerprint density at radius 3 is 2.81 bits per heavy atom. The van der Waals surface area contributed by atoms with Crippen molar-refractivity contribution in [1.82, 2.24) is 9.97 Å². The summed E-state index contributed by atoms with van der Waals surface area (Å²) in [6.45, 7) is 1.85. The number of rotatable bonds is 3. The van der Waals surface area contributed by atoms with Gasteiger partial charge in [0.25, 0.3) is 11.7 Å². The molecule has 31 heavy (non-hydrogen) atoms. The van der Waals surface area contributed by atoms with Crippen molar-refractivity contribution in [1.29, 1.82) is 5.26 Å². The summed E-state index contributed by atoms with van der Waals surface area (Å²) < 4.78 is 0. The van der Waals surface area contributed by atoms with E-state index in [2.05, 4.69) is 26.7 Å². The molecule has 0 bridgehead atoms. The Bertz CT molecular complexity index is 1370. The van der Waals surface area contributed by atoms with E-state index >= 15 is 0 Å². The summed E-state index contributed by atoms with van der Waals surface area (Å²) in [5.74, 6) is -1.40. The molecule has 1 fully saturated rings. The number of benzene rings is 1. The van der Waals surface area contributed by atoms with Gasteiger partial charge in [0.2, 0.25) is 5.91 Å². The van der Waals surface area contributed by atoms with Crippen molar-refractivity contribution in [2.45, 2.75) is 13.3 Å². The van der Waals surface area contributed by atoms with E-state index < -0.39 is 11.7 Å². The maximum Gasteiger partial charge on any atom is 0.296 e. The minimum absolute atomic E-state index is 0.231. The van der Waals surface area contributed by atoms with Crippen LogP contribution in [-0.2, 0) is 9.59 Å². The molecule has 2 amide bonds. The first kappa shape index (κ1) is 18.7. The first-order valence-electron chi connectivity index (χ1n) is 9.63. The molecule has 0 unspecified atom stereocenters. The molecule has 0 saturated heterocycles. The van der Waals surface area contributed by atoms with Crippen molar-refractivity contribution in [2.24, 2.45) is 11.8 Å². The van der Waals surface area contributed by atoms with Gasteiger partial charge >= 0.3 is 0 Å². The lowest BCUT2D eigenvalue weighted by atomic mass is 9.98. The molecule has 2 aliphatic rings. The van der Waals surface area contributed by atoms with Gasteiger partial charge in [0.15, 0.2) is 0 Å². The molecule has 1 aliphatic carbocycles. The molecule has 0 radical (unpaired) electrons. The molecular weight excluding hydrogens is 396 g/mol. The number of aromatic nitrogens is 2. The van der Waals surface area contributed by atoms with E-state index in [4.69, 9.17) is 11.0 Å². The van der Waals surface area contributed by atoms with Crippen molar-refractivity contribution in [3.63, 3.8) is 0 Å². The van der Waals surface area contributed by atoms with E-state index in [-0.39, 0.29) is 23.6 Å². The van der Waals surface area contributed by atoms with Crippen molar-refractivity contribution in [2.75, 3.05) is 16.4 Å². The molecule has 1 saturated carbocycles. The number of hydrogen-bond donors (Lipinski definition) is 3. The first-order valence-corrected chi connectivity index (χ1v) is 9.63. The van der Waals surface area contributed by atoms with E-state index in [1.54, 1.807) is 24.3 Å². The highest BCUT2D eigenvalue weighted by molar-refractivity contribution is 6.51. The van der Waals surface area contributed by atoms with Gasteiger partial charge in [0.1, 0.15) is 11.6 Å². The maximum absolute atomic E-state index is 12.2. The largest absolute Gasteiger partial charge is 0.383 e. The van der Waals surface area contributed by atoms with E-state index in [0.29, 0.717) is 45.5 Å². The van der Waals surface area contributed by atoms with Crippen LogP contribution in [-0.4, -0.2) is 27.6 Å². The van der Waals surface area contributed by atoms with E-state index in [0.717, 1.165) is 5.56 Å². The lowest BCUT2D eigenvalue weighted by Gasteiger charge is -2.11. The molecule has 9 heteroatoms. The number of fused-ring (bicyclic) bond motifs is 2. The Balaban J connectivity index is 1.54. The number of carbonyl (C=O) groups excluding carboxylic acids is 3. The predicted molar refractivity (Wildman–Crippen MR) is 113 cm³/mol. The van der Waals surface area contributed by atoms with E-state index in [1.807, 2.05) is 6.92 Å². The number of hydrogen-bond acceptors (Lipinski definition) is 7. The van der Waals surface area contributed by atoms with Crippen LogP contribution in [0.4, 0.5) is 17.3 Å². The minimum atomic E-state index is -0.654. The molecule has 5 rings (SSSR count). The van der Waals surface area contributed by atoms with Crippen LogP contribution in [0.5, 0.6) is 0 Å². The summed E-state index contributed by atoms with van der Waals surface area (Å²) in [5.41, 5.74) is 8.95. The Hall–Kier alpha value is -4.32.